The van der Waals surface area contributed by atoms with Crippen LogP contribution in [0.2, 0.25) is 0 Å². The van der Waals surface area contributed by atoms with Gasteiger partial charge in [0.25, 0.3) is 0 Å². The summed E-state index contributed by atoms with van der Waals surface area (Å²) in [5, 5.41) is 12.6. The van der Waals surface area contributed by atoms with Gasteiger partial charge in [-0.1, -0.05) is 12.2 Å². The highest BCUT2D eigenvalue weighted by Gasteiger charge is 2.15. The fourth-order valence-electron chi connectivity index (χ4n) is 1.68. The fraction of sp³-hybridized carbons (Fsp3) is 0.375. The SMILES string of the molecule is COc1ccc(C=O)c(C=CCNC(=O)OC(C)(C)C)c1O. The zero-order chi connectivity index (χ0) is 16.8. The second-order valence-corrected chi connectivity index (χ2v) is 5.52. The average molecular weight is 307 g/mol. The number of alkyl carbamates (subject to hydrolysis) is 1. The van der Waals surface area contributed by atoms with Crippen molar-refractivity contribution in [3.8, 4) is 11.5 Å². The van der Waals surface area contributed by atoms with Gasteiger partial charge in [-0.05, 0) is 32.9 Å². The molecule has 0 fully saturated rings. The predicted octanol–water partition coefficient (Wildman–Crippen LogP) is 2.75. The molecule has 0 spiro atoms. The van der Waals surface area contributed by atoms with E-state index >= 15 is 0 Å². The number of aldehydes is 1. The van der Waals surface area contributed by atoms with Gasteiger partial charge >= 0.3 is 6.09 Å². The minimum Gasteiger partial charge on any atom is -0.504 e. The number of amides is 1. The van der Waals surface area contributed by atoms with Crippen LogP contribution in [0, 0.1) is 0 Å². The Bertz CT molecular complexity index is 573. The summed E-state index contributed by atoms with van der Waals surface area (Å²) < 4.78 is 10.1. The Labute approximate surface area is 129 Å². The van der Waals surface area contributed by atoms with Gasteiger partial charge in [0.15, 0.2) is 17.8 Å². The van der Waals surface area contributed by atoms with Crippen LogP contribution in [0.5, 0.6) is 11.5 Å². The molecule has 0 atom stereocenters. The van der Waals surface area contributed by atoms with Crippen molar-refractivity contribution in [2.45, 2.75) is 26.4 Å². The smallest absolute Gasteiger partial charge is 0.407 e. The van der Waals surface area contributed by atoms with Crippen LogP contribution in [0.3, 0.4) is 0 Å². The van der Waals surface area contributed by atoms with Crippen LogP contribution in [0.15, 0.2) is 18.2 Å². The van der Waals surface area contributed by atoms with E-state index in [9.17, 15) is 14.7 Å². The minimum absolute atomic E-state index is 0.124. The predicted molar refractivity (Wildman–Crippen MR) is 83.3 cm³/mol. The van der Waals surface area contributed by atoms with Gasteiger partial charge in [-0.3, -0.25) is 4.79 Å². The third-order valence-electron chi connectivity index (χ3n) is 2.61. The normalized spacial score (nSPS) is 11.3. The van der Waals surface area contributed by atoms with Crippen molar-refractivity contribution in [2.24, 2.45) is 0 Å². The molecule has 0 aliphatic rings. The number of hydrogen-bond donors (Lipinski definition) is 2. The van der Waals surface area contributed by atoms with Crippen molar-refractivity contribution < 1.29 is 24.2 Å². The first kappa shape index (κ1) is 17.6. The second-order valence-electron chi connectivity index (χ2n) is 5.52. The number of carbonyl (C=O) groups excluding carboxylic acids is 2. The van der Waals surface area contributed by atoms with Crippen molar-refractivity contribution in [3.05, 3.63) is 29.3 Å². The summed E-state index contributed by atoms with van der Waals surface area (Å²) >= 11 is 0. The summed E-state index contributed by atoms with van der Waals surface area (Å²) in [4.78, 5) is 22.5. The Hall–Kier alpha value is -2.50. The van der Waals surface area contributed by atoms with E-state index in [-0.39, 0.29) is 18.0 Å². The van der Waals surface area contributed by atoms with Gasteiger partial charge in [0, 0.05) is 17.7 Å². The zero-order valence-electron chi connectivity index (χ0n) is 13.2. The molecule has 0 unspecified atom stereocenters. The molecule has 0 saturated heterocycles. The van der Waals surface area contributed by atoms with E-state index in [2.05, 4.69) is 5.32 Å². The molecule has 0 radical (unpaired) electrons. The standard InChI is InChI=1S/C16H21NO5/c1-16(2,3)22-15(20)17-9-5-6-12-11(10-18)7-8-13(21-4)14(12)19/h5-8,10,19H,9H2,1-4H3,(H,17,20). The molecule has 2 N–H and O–H groups in total. The summed E-state index contributed by atoms with van der Waals surface area (Å²) in [6, 6.07) is 3.06. The number of hydrogen-bond acceptors (Lipinski definition) is 5. The van der Waals surface area contributed by atoms with E-state index in [4.69, 9.17) is 9.47 Å². The number of aromatic hydroxyl groups is 1. The van der Waals surface area contributed by atoms with Gasteiger partial charge in [-0.15, -0.1) is 0 Å². The lowest BCUT2D eigenvalue weighted by Crippen LogP contribution is -2.32. The molecule has 1 aromatic carbocycles. The van der Waals surface area contributed by atoms with Crippen molar-refractivity contribution in [2.75, 3.05) is 13.7 Å². The van der Waals surface area contributed by atoms with E-state index in [0.717, 1.165) is 0 Å². The first-order valence-corrected chi connectivity index (χ1v) is 6.77. The lowest BCUT2D eigenvalue weighted by Gasteiger charge is -2.19. The molecule has 0 saturated carbocycles. The van der Waals surface area contributed by atoms with Gasteiger partial charge in [0.1, 0.15) is 5.60 Å². The minimum atomic E-state index is -0.566. The molecule has 6 nitrogen and oxygen atoms in total. The Morgan fingerprint density at radius 2 is 2.05 bits per heavy atom. The Kier molecular flexibility index (Phi) is 5.98. The maximum atomic E-state index is 11.5. The molecular weight excluding hydrogens is 286 g/mol. The summed E-state index contributed by atoms with van der Waals surface area (Å²) in [6.45, 7) is 5.51. The van der Waals surface area contributed by atoms with Crippen LogP contribution in [-0.4, -0.2) is 36.7 Å². The number of methoxy groups -OCH3 is 1. The number of benzene rings is 1. The highest BCUT2D eigenvalue weighted by atomic mass is 16.6. The molecule has 120 valence electrons. The number of rotatable bonds is 5. The van der Waals surface area contributed by atoms with Crippen LogP contribution in [-0.2, 0) is 4.74 Å². The molecule has 6 heteroatoms. The molecule has 0 aliphatic heterocycles. The highest BCUT2D eigenvalue weighted by Crippen LogP contribution is 2.32. The number of carbonyl (C=O) groups is 2. The fourth-order valence-corrected chi connectivity index (χ4v) is 1.68. The van der Waals surface area contributed by atoms with E-state index in [1.165, 1.54) is 13.2 Å². The van der Waals surface area contributed by atoms with Gasteiger partial charge in [-0.25, -0.2) is 4.79 Å². The quantitative estimate of drug-likeness (QED) is 0.817. The van der Waals surface area contributed by atoms with Crippen molar-refractivity contribution in [3.63, 3.8) is 0 Å². The Morgan fingerprint density at radius 1 is 1.36 bits per heavy atom. The number of phenols is 1. The largest absolute Gasteiger partial charge is 0.504 e. The molecule has 0 bridgehead atoms. The lowest BCUT2D eigenvalue weighted by atomic mass is 10.1. The summed E-state index contributed by atoms with van der Waals surface area (Å²) in [7, 11) is 1.42. The molecular formula is C16H21NO5. The summed E-state index contributed by atoms with van der Waals surface area (Å²) in [5.41, 5.74) is 0.0935. The van der Waals surface area contributed by atoms with Gasteiger partial charge in [0.2, 0.25) is 0 Å². The lowest BCUT2D eigenvalue weighted by molar-refractivity contribution is 0.0534. The molecule has 0 aliphatic carbocycles. The first-order valence-electron chi connectivity index (χ1n) is 6.77. The molecule has 22 heavy (non-hydrogen) atoms. The topological polar surface area (TPSA) is 84.9 Å². The van der Waals surface area contributed by atoms with Crippen molar-refractivity contribution >= 4 is 18.5 Å². The average Bonchev–Trinajstić information content (AvgIpc) is 2.42. The summed E-state index contributed by atoms with van der Waals surface area (Å²) in [6.07, 6.45) is 3.24. The van der Waals surface area contributed by atoms with Gasteiger partial charge in [-0.2, -0.15) is 0 Å². The van der Waals surface area contributed by atoms with Crippen LogP contribution in [0.1, 0.15) is 36.7 Å². The molecule has 0 heterocycles. The Morgan fingerprint density at radius 3 is 2.59 bits per heavy atom. The number of nitrogens with one attached hydrogen (secondary N) is 1. The van der Waals surface area contributed by atoms with Crippen LogP contribution < -0.4 is 10.1 Å². The van der Waals surface area contributed by atoms with E-state index in [1.807, 2.05) is 0 Å². The van der Waals surface area contributed by atoms with Crippen LogP contribution in [0.25, 0.3) is 6.08 Å². The summed E-state index contributed by atoms with van der Waals surface area (Å²) in [5.74, 6) is 0.144. The zero-order valence-corrected chi connectivity index (χ0v) is 13.2. The second kappa shape index (κ2) is 7.49. The maximum Gasteiger partial charge on any atom is 0.407 e. The number of ether oxygens (including phenoxy) is 2. The monoisotopic (exact) mass is 307 g/mol. The van der Waals surface area contributed by atoms with E-state index in [0.29, 0.717) is 17.4 Å². The maximum absolute atomic E-state index is 11.5. The molecule has 0 aromatic heterocycles. The Balaban J connectivity index is 2.74. The molecule has 1 amide bonds. The highest BCUT2D eigenvalue weighted by molar-refractivity contribution is 5.85. The van der Waals surface area contributed by atoms with E-state index in [1.54, 1.807) is 39.0 Å². The van der Waals surface area contributed by atoms with Crippen molar-refractivity contribution in [1.29, 1.82) is 0 Å². The molecule has 1 aromatic rings. The van der Waals surface area contributed by atoms with E-state index < -0.39 is 11.7 Å². The van der Waals surface area contributed by atoms with Crippen molar-refractivity contribution in [1.82, 2.24) is 5.32 Å². The third kappa shape index (κ3) is 5.12. The first-order chi connectivity index (χ1) is 10.3. The van der Waals surface area contributed by atoms with Crippen LogP contribution in [0.4, 0.5) is 4.79 Å². The third-order valence-corrected chi connectivity index (χ3v) is 2.61. The van der Waals surface area contributed by atoms with Crippen LogP contribution >= 0.6 is 0 Å². The van der Waals surface area contributed by atoms with Gasteiger partial charge < -0.3 is 19.9 Å². The molecule has 1 rings (SSSR count). The van der Waals surface area contributed by atoms with Gasteiger partial charge in [0.05, 0.1) is 7.11 Å². The number of phenolic OH excluding ortho intramolecular Hbond substituents is 1.